The molecule has 0 radical (unpaired) electrons. The second kappa shape index (κ2) is 10.0. The van der Waals surface area contributed by atoms with E-state index < -0.39 is 0 Å². The number of carbonyl (C=O) groups excluding carboxylic acids is 2. The Morgan fingerprint density at radius 1 is 0.964 bits per heavy atom. The monoisotopic (exact) mass is 388 g/mol. The lowest BCUT2D eigenvalue weighted by Gasteiger charge is -2.35. The zero-order valence-corrected chi connectivity index (χ0v) is 16.5. The molecule has 0 unspecified atom stereocenters. The number of hydrogen-bond acceptors (Lipinski definition) is 5. The Balaban J connectivity index is 1.46. The fraction of sp³-hybridized carbons (Fsp3) is 0.619. The molecule has 0 atom stereocenters. The SMILES string of the molecule is NCC1(CC(=O)Nc2ccc(NC(=O)CN3CCOCC3)cc2)CCCCC1. The highest BCUT2D eigenvalue weighted by molar-refractivity contribution is 5.94. The smallest absolute Gasteiger partial charge is 0.238 e. The summed E-state index contributed by atoms with van der Waals surface area (Å²) in [4.78, 5) is 26.7. The number of hydrogen-bond donors (Lipinski definition) is 3. The summed E-state index contributed by atoms with van der Waals surface area (Å²) in [7, 11) is 0. The van der Waals surface area contributed by atoms with Crippen molar-refractivity contribution in [3.05, 3.63) is 24.3 Å². The molecular weight excluding hydrogens is 356 g/mol. The Bertz CT molecular complexity index is 650. The zero-order chi connectivity index (χ0) is 19.8. The van der Waals surface area contributed by atoms with Crippen molar-refractivity contribution in [1.82, 2.24) is 4.90 Å². The van der Waals surface area contributed by atoms with Crippen LogP contribution in [0.3, 0.4) is 0 Å². The van der Waals surface area contributed by atoms with Crippen molar-refractivity contribution in [2.24, 2.45) is 11.1 Å². The number of nitrogens with zero attached hydrogens (tertiary/aromatic N) is 1. The molecule has 2 fully saturated rings. The Hall–Kier alpha value is -1.96. The van der Waals surface area contributed by atoms with Crippen molar-refractivity contribution < 1.29 is 14.3 Å². The molecule has 2 aliphatic rings. The molecule has 3 rings (SSSR count). The van der Waals surface area contributed by atoms with E-state index in [4.69, 9.17) is 10.5 Å². The average Bonchev–Trinajstić information content (AvgIpc) is 2.71. The molecule has 4 N–H and O–H groups in total. The molecule has 0 bridgehead atoms. The normalized spacial score (nSPS) is 19.8. The summed E-state index contributed by atoms with van der Waals surface area (Å²) < 4.78 is 5.29. The van der Waals surface area contributed by atoms with Crippen LogP contribution >= 0.6 is 0 Å². The van der Waals surface area contributed by atoms with Gasteiger partial charge in [0.15, 0.2) is 0 Å². The minimum atomic E-state index is -0.0459. The fourth-order valence-electron chi connectivity index (χ4n) is 4.10. The highest BCUT2D eigenvalue weighted by Gasteiger charge is 2.32. The largest absolute Gasteiger partial charge is 0.379 e. The third-order valence-electron chi connectivity index (χ3n) is 5.81. The maximum absolute atomic E-state index is 12.5. The van der Waals surface area contributed by atoms with E-state index in [0.717, 1.165) is 50.1 Å². The molecule has 0 spiro atoms. The maximum Gasteiger partial charge on any atom is 0.238 e. The van der Waals surface area contributed by atoms with Crippen LogP contribution in [0.1, 0.15) is 38.5 Å². The molecule has 1 aromatic carbocycles. The molecule has 7 heteroatoms. The molecular formula is C21H32N4O3. The Morgan fingerprint density at radius 2 is 1.54 bits per heavy atom. The van der Waals surface area contributed by atoms with Crippen LogP contribution in [0.25, 0.3) is 0 Å². The van der Waals surface area contributed by atoms with E-state index in [2.05, 4.69) is 15.5 Å². The van der Waals surface area contributed by atoms with Crippen molar-refractivity contribution in [1.29, 1.82) is 0 Å². The highest BCUT2D eigenvalue weighted by Crippen LogP contribution is 2.38. The van der Waals surface area contributed by atoms with Gasteiger partial charge in [-0.15, -0.1) is 0 Å². The topological polar surface area (TPSA) is 96.7 Å². The first-order valence-electron chi connectivity index (χ1n) is 10.3. The molecule has 1 aliphatic carbocycles. The molecule has 0 aromatic heterocycles. The van der Waals surface area contributed by atoms with Gasteiger partial charge in [-0.2, -0.15) is 0 Å². The van der Waals surface area contributed by atoms with Crippen molar-refractivity contribution >= 4 is 23.2 Å². The van der Waals surface area contributed by atoms with Gasteiger partial charge in [0, 0.05) is 30.9 Å². The van der Waals surface area contributed by atoms with Gasteiger partial charge in [0.05, 0.1) is 19.8 Å². The van der Waals surface area contributed by atoms with Gasteiger partial charge in [0.2, 0.25) is 11.8 Å². The summed E-state index contributed by atoms with van der Waals surface area (Å²) in [6.45, 7) is 3.84. The Labute approximate surface area is 167 Å². The number of carbonyl (C=O) groups is 2. The van der Waals surface area contributed by atoms with Crippen LogP contribution in [0.2, 0.25) is 0 Å². The maximum atomic E-state index is 12.5. The van der Waals surface area contributed by atoms with Crippen LogP contribution in [0.15, 0.2) is 24.3 Å². The van der Waals surface area contributed by atoms with Gasteiger partial charge >= 0.3 is 0 Å². The van der Waals surface area contributed by atoms with Crippen LogP contribution in [0.4, 0.5) is 11.4 Å². The summed E-state index contributed by atoms with van der Waals surface area (Å²) in [5.74, 6) is -0.0303. The number of nitrogens with one attached hydrogen (secondary N) is 2. The predicted molar refractivity (Wildman–Crippen MR) is 110 cm³/mol. The highest BCUT2D eigenvalue weighted by atomic mass is 16.5. The first-order chi connectivity index (χ1) is 13.6. The number of nitrogens with two attached hydrogens (primary N) is 1. The van der Waals surface area contributed by atoms with E-state index in [1.165, 1.54) is 6.42 Å². The number of anilines is 2. The molecule has 1 aromatic rings. The first kappa shape index (κ1) is 20.8. The van der Waals surface area contributed by atoms with Gasteiger partial charge in [-0.05, 0) is 49.1 Å². The van der Waals surface area contributed by atoms with E-state index in [1.54, 1.807) is 0 Å². The minimum absolute atomic E-state index is 0.0106. The molecule has 28 heavy (non-hydrogen) atoms. The molecule has 1 saturated carbocycles. The lowest BCUT2D eigenvalue weighted by Crippen LogP contribution is -2.41. The van der Waals surface area contributed by atoms with Gasteiger partial charge in [-0.25, -0.2) is 0 Å². The summed E-state index contributed by atoms with van der Waals surface area (Å²) in [6.07, 6.45) is 6.09. The minimum Gasteiger partial charge on any atom is -0.379 e. The fourth-order valence-corrected chi connectivity index (χ4v) is 4.10. The molecule has 1 heterocycles. The van der Waals surface area contributed by atoms with Crippen LogP contribution in [-0.4, -0.2) is 56.1 Å². The second-order valence-electron chi connectivity index (χ2n) is 8.00. The quantitative estimate of drug-likeness (QED) is 0.665. The van der Waals surface area contributed by atoms with Crippen molar-refractivity contribution in [2.75, 3.05) is 50.0 Å². The van der Waals surface area contributed by atoms with Crippen molar-refractivity contribution in [2.45, 2.75) is 38.5 Å². The summed E-state index contributed by atoms with van der Waals surface area (Å²) in [5.41, 5.74) is 7.40. The Kier molecular flexibility index (Phi) is 7.42. The Morgan fingerprint density at radius 3 is 2.11 bits per heavy atom. The van der Waals surface area contributed by atoms with Crippen molar-refractivity contribution in [3.8, 4) is 0 Å². The van der Waals surface area contributed by atoms with Crippen LogP contribution in [0, 0.1) is 5.41 Å². The van der Waals surface area contributed by atoms with E-state index in [0.29, 0.717) is 32.7 Å². The van der Waals surface area contributed by atoms with Crippen molar-refractivity contribution in [3.63, 3.8) is 0 Å². The number of amides is 2. The molecule has 154 valence electrons. The molecule has 2 amide bonds. The zero-order valence-electron chi connectivity index (χ0n) is 16.5. The number of morpholine rings is 1. The third-order valence-corrected chi connectivity index (χ3v) is 5.81. The molecule has 1 aliphatic heterocycles. The summed E-state index contributed by atoms with van der Waals surface area (Å²) >= 11 is 0. The number of ether oxygens (including phenoxy) is 1. The lowest BCUT2D eigenvalue weighted by atomic mass is 9.71. The van der Waals surface area contributed by atoms with E-state index in [9.17, 15) is 9.59 Å². The summed E-state index contributed by atoms with van der Waals surface area (Å²) in [6, 6.07) is 7.26. The van der Waals surface area contributed by atoms with E-state index >= 15 is 0 Å². The molecule has 7 nitrogen and oxygen atoms in total. The lowest BCUT2D eigenvalue weighted by molar-refractivity contribution is -0.119. The number of rotatable bonds is 7. The van der Waals surface area contributed by atoms with Gasteiger partial charge in [0.1, 0.15) is 0 Å². The third kappa shape index (κ3) is 6.02. The van der Waals surface area contributed by atoms with Gasteiger partial charge in [-0.1, -0.05) is 19.3 Å². The number of benzene rings is 1. The van der Waals surface area contributed by atoms with Crippen LogP contribution in [-0.2, 0) is 14.3 Å². The van der Waals surface area contributed by atoms with E-state index in [1.807, 2.05) is 24.3 Å². The average molecular weight is 389 g/mol. The van der Waals surface area contributed by atoms with Gasteiger partial charge in [-0.3, -0.25) is 14.5 Å². The van der Waals surface area contributed by atoms with Gasteiger partial charge < -0.3 is 21.1 Å². The van der Waals surface area contributed by atoms with Crippen LogP contribution in [0.5, 0.6) is 0 Å². The summed E-state index contributed by atoms with van der Waals surface area (Å²) in [5, 5.41) is 5.87. The van der Waals surface area contributed by atoms with Gasteiger partial charge in [0.25, 0.3) is 0 Å². The van der Waals surface area contributed by atoms with Crippen LogP contribution < -0.4 is 16.4 Å². The molecule has 1 saturated heterocycles. The standard InChI is InChI=1S/C21H32N4O3/c22-16-21(8-2-1-3-9-21)14-19(26)23-17-4-6-18(7-5-17)24-20(27)15-25-10-12-28-13-11-25/h4-7H,1-3,8-16,22H2,(H,23,26)(H,24,27). The predicted octanol–water partition coefficient (Wildman–Crippen LogP) is 2.20. The first-order valence-corrected chi connectivity index (χ1v) is 10.3. The van der Waals surface area contributed by atoms with E-state index in [-0.39, 0.29) is 17.2 Å². The second-order valence-corrected chi connectivity index (χ2v) is 8.00.